The van der Waals surface area contributed by atoms with Gasteiger partial charge in [0.1, 0.15) is 5.82 Å². The number of anilines is 1. The summed E-state index contributed by atoms with van der Waals surface area (Å²) < 4.78 is 0. The van der Waals surface area contributed by atoms with E-state index >= 15 is 0 Å². The van der Waals surface area contributed by atoms with E-state index in [4.69, 9.17) is 0 Å². The molecule has 0 aliphatic heterocycles. The maximum Gasteiger partial charge on any atom is 0.251 e. The number of nitrogens with zero attached hydrogens (tertiary/aromatic N) is 1. The van der Waals surface area contributed by atoms with Crippen molar-refractivity contribution in [1.29, 1.82) is 0 Å². The number of nitrogens with one attached hydrogen (secondary N) is 2. The lowest BCUT2D eigenvalue weighted by atomic mass is 9.84. The molecule has 1 heterocycles. The standard InChI is InChI=1S/C15H23N3O/c1-11(12-6-4-3-5-7-12)18-15(19)13-8-9-17-14(10-13)16-2/h8-12H,3-7H2,1-2H3,(H,16,17)(H,18,19). The Morgan fingerprint density at radius 3 is 2.79 bits per heavy atom. The second kappa shape index (κ2) is 6.55. The summed E-state index contributed by atoms with van der Waals surface area (Å²) in [5.74, 6) is 1.35. The van der Waals surface area contributed by atoms with Gasteiger partial charge in [0, 0.05) is 24.8 Å². The Hall–Kier alpha value is -1.58. The first kappa shape index (κ1) is 13.8. The number of carbonyl (C=O) groups is 1. The van der Waals surface area contributed by atoms with E-state index in [0.717, 1.165) is 5.82 Å². The number of pyridine rings is 1. The zero-order valence-corrected chi connectivity index (χ0v) is 11.8. The molecule has 1 amide bonds. The first-order chi connectivity index (χ1) is 9.20. The summed E-state index contributed by atoms with van der Waals surface area (Å²) in [5.41, 5.74) is 0.669. The summed E-state index contributed by atoms with van der Waals surface area (Å²) in [6, 6.07) is 3.78. The molecule has 1 aromatic heterocycles. The maximum atomic E-state index is 12.2. The molecule has 2 rings (SSSR count). The van der Waals surface area contributed by atoms with Crippen LogP contribution in [0.4, 0.5) is 5.82 Å². The van der Waals surface area contributed by atoms with Crippen LogP contribution in [0.25, 0.3) is 0 Å². The molecule has 19 heavy (non-hydrogen) atoms. The summed E-state index contributed by atoms with van der Waals surface area (Å²) in [7, 11) is 1.80. The SMILES string of the molecule is CNc1cc(C(=O)NC(C)C2CCCCC2)ccn1. The minimum atomic E-state index is -0.00280. The average molecular weight is 261 g/mol. The van der Waals surface area contributed by atoms with E-state index < -0.39 is 0 Å². The molecule has 104 valence electrons. The average Bonchev–Trinajstić information content (AvgIpc) is 2.48. The first-order valence-corrected chi connectivity index (χ1v) is 7.15. The van der Waals surface area contributed by atoms with E-state index in [1.165, 1.54) is 32.1 Å². The fourth-order valence-corrected chi connectivity index (χ4v) is 2.75. The highest BCUT2D eigenvalue weighted by molar-refractivity contribution is 5.94. The third-order valence-corrected chi connectivity index (χ3v) is 3.99. The van der Waals surface area contributed by atoms with Crippen LogP contribution in [0, 0.1) is 5.92 Å². The summed E-state index contributed by atoms with van der Waals surface area (Å²) in [6.45, 7) is 2.12. The van der Waals surface area contributed by atoms with Gasteiger partial charge in [-0.2, -0.15) is 0 Å². The van der Waals surface area contributed by atoms with Gasteiger partial charge in [-0.3, -0.25) is 4.79 Å². The molecule has 2 N–H and O–H groups in total. The van der Waals surface area contributed by atoms with E-state index in [1.54, 1.807) is 25.4 Å². The van der Waals surface area contributed by atoms with Crippen molar-refractivity contribution >= 4 is 11.7 Å². The quantitative estimate of drug-likeness (QED) is 0.876. The highest BCUT2D eigenvalue weighted by Gasteiger charge is 2.21. The van der Waals surface area contributed by atoms with Crippen LogP contribution in [0.1, 0.15) is 49.4 Å². The lowest BCUT2D eigenvalue weighted by Gasteiger charge is -2.28. The predicted molar refractivity (Wildman–Crippen MR) is 77.3 cm³/mol. The van der Waals surface area contributed by atoms with Gasteiger partial charge in [0.15, 0.2) is 0 Å². The zero-order valence-electron chi connectivity index (χ0n) is 11.8. The number of hydrogen-bond donors (Lipinski definition) is 2. The maximum absolute atomic E-state index is 12.2. The van der Waals surface area contributed by atoms with Gasteiger partial charge in [-0.05, 0) is 37.8 Å². The van der Waals surface area contributed by atoms with Crippen LogP contribution in [0.3, 0.4) is 0 Å². The van der Waals surface area contributed by atoms with E-state index in [-0.39, 0.29) is 11.9 Å². The Morgan fingerprint density at radius 2 is 2.11 bits per heavy atom. The smallest absolute Gasteiger partial charge is 0.251 e. The highest BCUT2D eigenvalue weighted by atomic mass is 16.1. The second-order valence-corrected chi connectivity index (χ2v) is 5.34. The monoisotopic (exact) mass is 261 g/mol. The summed E-state index contributed by atoms with van der Waals surface area (Å²) in [4.78, 5) is 16.3. The minimum absolute atomic E-state index is 0.00280. The van der Waals surface area contributed by atoms with E-state index in [2.05, 4.69) is 22.5 Å². The molecule has 0 bridgehead atoms. The third-order valence-electron chi connectivity index (χ3n) is 3.99. The molecule has 1 saturated carbocycles. The Balaban J connectivity index is 1.95. The van der Waals surface area contributed by atoms with Crippen LogP contribution in [-0.2, 0) is 0 Å². The molecular weight excluding hydrogens is 238 g/mol. The van der Waals surface area contributed by atoms with Crippen LogP contribution >= 0.6 is 0 Å². The molecule has 0 aromatic carbocycles. The second-order valence-electron chi connectivity index (χ2n) is 5.34. The minimum Gasteiger partial charge on any atom is -0.373 e. The largest absolute Gasteiger partial charge is 0.373 e. The van der Waals surface area contributed by atoms with Gasteiger partial charge >= 0.3 is 0 Å². The number of hydrogen-bond acceptors (Lipinski definition) is 3. The van der Waals surface area contributed by atoms with E-state index in [1.807, 2.05) is 0 Å². The van der Waals surface area contributed by atoms with E-state index in [0.29, 0.717) is 11.5 Å². The molecule has 4 heteroatoms. The number of rotatable bonds is 4. The van der Waals surface area contributed by atoms with Crippen molar-refractivity contribution in [3.8, 4) is 0 Å². The van der Waals surface area contributed by atoms with Crippen molar-refractivity contribution in [2.45, 2.75) is 45.1 Å². The molecule has 0 spiro atoms. The van der Waals surface area contributed by atoms with Gasteiger partial charge in [-0.25, -0.2) is 4.98 Å². The van der Waals surface area contributed by atoms with Gasteiger partial charge in [-0.15, -0.1) is 0 Å². The van der Waals surface area contributed by atoms with Crippen LogP contribution in [-0.4, -0.2) is 24.0 Å². The molecule has 4 nitrogen and oxygen atoms in total. The van der Waals surface area contributed by atoms with Gasteiger partial charge in [0.05, 0.1) is 0 Å². The molecule has 1 aliphatic rings. The van der Waals surface area contributed by atoms with Crippen molar-refractivity contribution in [2.75, 3.05) is 12.4 Å². The molecule has 0 radical (unpaired) electrons. The molecule has 1 aliphatic carbocycles. The Kier molecular flexibility index (Phi) is 4.77. The zero-order chi connectivity index (χ0) is 13.7. The fraction of sp³-hybridized carbons (Fsp3) is 0.600. The molecule has 1 fully saturated rings. The number of aromatic nitrogens is 1. The fourth-order valence-electron chi connectivity index (χ4n) is 2.75. The van der Waals surface area contributed by atoms with E-state index in [9.17, 15) is 4.79 Å². The summed E-state index contributed by atoms with van der Waals surface area (Å²) in [5, 5.41) is 6.07. The molecule has 0 saturated heterocycles. The molecular formula is C15H23N3O. The molecule has 1 unspecified atom stereocenters. The molecule has 1 aromatic rings. The van der Waals surface area contributed by atoms with Gasteiger partial charge < -0.3 is 10.6 Å². The van der Waals surface area contributed by atoms with Crippen molar-refractivity contribution < 1.29 is 4.79 Å². The Labute approximate surface area is 115 Å². The van der Waals surface area contributed by atoms with Crippen LogP contribution in [0.15, 0.2) is 18.3 Å². The van der Waals surface area contributed by atoms with Crippen LogP contribution < -0.4 is 10.6 Å². The van der Waals surface area contributed by atoms with Gasteiger partial charge in [-0.1, -0.05) is 19.3 Å². The van der Waals surface area contributed by atoms with Gasteiger partial charge in [0.2, 0.25) is 0 Å². The summed E-state index contributed by atoms with van der Waals surface area (Å²) >= 11 is 0. The normalized spacial score (nSPS) is 17.8. The Morgan fingerprint density at radius 1 is 1.37 bits per heavy atom. The lowest BCUT2D eigenvalue weighted by molar-refractivity contribution is 0.0919. The summed E-state index contributed by atoms with van der Waals surface area (Å²) in [6.07, 6.45) is 8.06. The molecule has 1 atom stereocenters. The van der Waals surface area contributed by atoms with Crippen LogP contribution in [0.5, 0.6) is 0 Å². The first-order valence-electron chi connectivity index (χ1n) is 7.15. The van der Waals surface area contributed by atoms with Crippen molar-refractivity contribution in [3.05, 3.63) is 23.9 Å². The number of carbonyl (C=O) groups excluding carboxylic acids is 1. The van der Waals surface area contributed by atoms with Crippen LogP contribution in [0.2, 0.25) is 0 Å². The topological polar surface area (TPSA) is 54.0 Å². The lowest BCUT2D eigenvalue weighted by Crippen LogP contribution is -2.38. The Bertz CT molecular complexity index is 427. The van der Waals surface area contributed by atoms with Crippen molar-refractivity contribution in [3.63, 3.8) is 0 Å². The number of amides is 1. The van der Waals surface area contributed by atoms with Gasteiger partial charge in [0.25, 0.3) is 5.91 Å². The van der Waals surface area contributed by atoms with Crippen molar-refractivity contribution in [2.24, 2.45) is 5.92 Å². The highest BCUT2D eigenvalue weighted by Crippen LogP contribution is 2.26. The predicted octanol–water partition coefficient (Wildman–Crippen LogP) is 2.82. The third kappa shape index (κ3) is 3.69. The van der Waals surface area contributed by atoms with Crippen molar-refractivity contribution in [1.82, 2.24) is 10.3 Å².